The number of amides is 1. The molecule has 0 bridgehead atoms. The van der Waals surface area contributed by atoms with Gasteiger partial charge in [0, 0.05) is 24.0 Å². The molecule has 2 rings (SSSR count). The molecule has 0 saturated carbocycles. The summed E-state index contributed by atoms with van der Waals surface area (Å²) in [6.07, 6.45) is -4.00. The predicted molar refractivity (Wildman–Crippen MR) is 74.0 cm³/mol. The van der Waals surface area contributed by atoms with E-state index in [4.69, 9.17) is 5.73 Å². The van der Waals surface area contributed by atoms with E-state index in [1.165, 1.54) is 11.3 Å². The number of rotatable bonds is 4. The number of nitrogens with one attached hydrogen (secondary N) is 1. The van der Waals surface area contributed by atoms with Crippen LogP contribution in [0.25, 0.3) is 0 Å². The number of aromatic nitrogens is 1. The van der Waals surface area contributed by atoms with Crippen LogP contribution in [0, 0.1) is 0 Å². The maximum Gasteiger partial charge on any atom is 0.416 e. The van der Waals surface area contributed by atoms with E-state index in [2.05, 4.69) is 10.3 Å². The summed E-state index contributed by atoms with van der Waals surface area (Å²) in [5.74, 6) is -0.631. The van der Waals surface area contributed by atoms with Crippen molar-refractivity contribution in [3.63, 3.8) is 0 Å². The normalized spacial score (nSPS) is 11.4. The van der Waals surface area contributed by atoms with Gasteiger partial charge in [0.05, 0.1) is 22.3 Å². The Labute approximate surface area is 122 Å². The van der Waals surface area contributed by atoms with Crippen LogP contribution in [0.3, 0.4) is 0 Å². The molecule has 112 valence electrons. The first-order valence-corrected chi connectivity index (χ1v) is 6.94. The van der Waals surface area contributed by atoms with Crippen LogP contribution in [0.1, 0.15) is 21.6 Å². The summed E-state index contributed by atoms with van der Waals surface area (Å²) in [5.41, 5.74) is 6.98. The molecule has 0 aliphatic carbocycles. The largest absolute Gasteiger partial charge is 0.416 e. The molecule has 0 spiro atoms. The monoisotopic (exact) mass is 315 g/mol. The average molecular weight is 315 g/mol. The number of benzene rings is 1. The third-order valence-corrected chi connectivity index (χ3v) is 3.41. The minimum absolute atomic E-state index is 0.00848. The van der Waals surface area contributed by atoms with Crippen LogP contribution in [0.4, 0.5) is 18.9 Å². The first-order valence-electron chi connectivity index (χ1n) is 6.00. The number of nitrogen functional groups attached to an aromatic ring is 1. The highest BCUT2D eigenvalue weighted by atomic mass is 32.1. The number of hydrogen-bond donors (Lipinski definition) is 2. The summed E-state index contributed by atoms with van der Waals surface area (Å²) in [4.78, 5) is 15.9. The maximum absolute atomic E-state index is 12.6. The Morgan fingerprint density at radius 1 is 1.38 bits per heavy atom. The van der Waals surface area contributed by atoms with Crippen LogP contribution in [-0.4, -0.2) is 17.4 Å². The van der Waals surface area contributed by atoms with Gasteiger partial charge < -0.3 is 11.1 Å². The molecule has 4 nitrogen and oxygen atoms in total. The molecule has 1 aromatic heterocycles. The van der Waals surface area contributed by atoms with Crippen molar-refractivity contribution >= 4 is 22.9 Å². The fraction of sp³-hybridized carbons (Fsp3) is 0.231. The number of thiazole rings is 1. The second kappa shape index (κ2) is 6.13. The number of halogens is 3. The van der Waals surface area contributed by atoms with E-state index >= 15 is 0 Å². The Morgan fingerprint density at radius 2 is 2.14 bits per heavy atom. The Morgan fingerprint density at radius 3 is 2.76 bits per heavy atom. The summed E-state index contributed by atoms with van der Waals surface area (Å²) >= 11 is 1.43. The van der Waals surface area contributed by atoms with Crippen molar-refractivity contribution in [1.29, 1.82) is 0 Å². The maximum atomic E-state index is 12.6. The minimum atomic E-state index is -4.51. The van der Waals surface area contributed by atoms with E-state index in [9.17, 15) is 18.0 Å². The molecule has 2 aromatic rings. The zero-order valence-corrected chi connectivity index (χ0v) is 11.6. The third kappa shape index (κ3) is 3.94. The van der Waals surface area contributed by atoms with Gasteiger partial charge in [-0.3, -0.25) is 4.79 Å². The number of nitrogens with zero attached hydrogens (tertiary/aromatic N) is 1. The van der Waals surface area contributed by atoms with Crippen molar-refractivity contribution < 1.29 is 18.0 Å². The summed E-state index contributed by atoms with van der Waals surface area (Å²) in [7, 11) is 0. The van der Waals surface area contributed by atoms with Crippen LogP contribution in [0.5, 0.6) is 0 Å². The van der Waals surface area contributed by atoms with Crippen LogP contribution >= 0.6 is 11.3 Å². The zero-order valence-electron chi connectivity index (χ0n) is 10.8. The number of alkyl halides is 3. The first-order chi connectivity index (χ1) is 9.88. The van der Waals surface area contributed by atoms with Crippen molar-refractivity contribution in [1.82, 2.24) is 10.3 Å². The fourth-order valence-corrected chi connectivity index (χ4v) is 2.28. The number of nitrogens with two attached hydrogens (primary N) is 1. The van der Waals surface area contributed by atoms with Gasteiger partial charge in [-0.05, 0) is 18.2 Å². The van der Waals surface area contributed by atoms with Crippen molar-refractivity contribution in [2.75, 3.05) is 12.3 Å². The van der Waals surface area contributed by atoms with Crippen LogP contribution in [0.15, 0.2) is 29.1 Å². The van der Waals surface area contributed by atoms with E-state index in [-0.39, 0.29) is 17.8 Å². The molecule has 1 heterocycles. The lowest BCUT2D eigenvalue weighted by atomic mass is 10.1. The Hall–Kier alpha value is -2.09. The summed E-state index contributed by atoms with van der Waals surface area (Å²) in [6.45, 7) is 0.276. The third-order valence-electron chi connectivity index (χ3n) is 2.78. The van der Waals surface area contributed by atoms with Crippen molar-refractivity contribution in [2.24, 2.45) is 0 Å². The molecular weight excluding hydrogens is 303 g/mol. The Kier molecular flexibility index (Phi) is 4.46. The van der Waals surface area contributed by atoms with Gasteiger partial charge in [-0.15, -0.1) is 11.3 Å². The molecule has 0 aliphatic heterocycles. The summed E-state index contributed by atoms with van der Waals surface area (Å²) in [6, 6.07) is 2.69. The van der Waals surface area contributed by atoms with Gasteiger partial charge in [-0.2, -0.15) is 13.2 Å². The summed E-state index contributed by atoms with van der Waals surface area (Å²) in [5, 5.41) is 4.37. The quantitative estimate of drug-likeness (QED) is 0.853. The standard InChI is InChI=1S/C13H12F3N3OS/c14-13(15,16)8-1-2-11(17)10(5-8)12(20)18-4-3-9-6-21-7-19-9/h1-2,5-7H,3-4,17H2,(H,18,20). The van der Waals surface area contributed by atoms with E-state index in [0.29, 0.717) is 6.42 Å². The highest BCUT2D eigenvalue weighted by Crippen LogP contribution is 2.31. The van der Waals surface area contributed by atoms with E-state index < -0.39 is 17.6 Å². The van der Waals surface area contributed by atoms with Gasteiger partial charge in [-0.1, -0.05) is 0 Å². The molecule has 0 radical (unpaired) electrons. The first kappa shape index (κ1) is 15.3. The molecule has 0 aliphatic rings. The average Bonchev–Trinajstić information content (AvgIpc) is 2.91. The van der Waals surface area contributed by atoms with Crippen molar-refractivity contribution in [3.05, 3.63) is 45.9 Å². The predicted octanol–water partition coefficient (Wildman–Crippen LogP) is 2.72. The number of hydrogen-bond acceptors (Lipinski definition) is 4. The van der Waals surface area contributed by atoms with Crippen molar-refractivity contribution in [3.8, 4) is 0 Å². The highest BCUT2D eigenvalue weighted by molar-refractivity contribution is 7.07. The lowest BCUT2D eigenvalue weighted by molar-refractivity contribution is -0.137. The molecule has 1 aromatic carbocycles. The Balaban J connectivity index is 2.04. The second-order valence-corrected chi connectivity index (χ2v) is 5.00. The van der Waals surface area contributed by atoms with Crippen LogP contribution in [-0.2, 0) is 12.6 Å². The van der Waals surface area contributed by atoms with Gasteiger partial charge in [0.1, 0.15) is 0 Å². The second-order valence-electron chi connectivity index (χ2n) is 4.29. The van der Waals surface area contributed by atoms with Gasteiger partial charge in [0.25, 0.3) is 5.91 Å². The highest BCUT2D eigenvalue weighted by Gasteiger charge is 2.31. The lowest BCUT2D eigenvalue weighted by Gasteiger charge is -2.11. The fourth-order valence-electron chi connectivity index (χ4n) is 1.69. The summed E-state index contributed by atoms with van der Waals surface area (Å²) < 4.78 is 37.9. The van der Waals surface area contributed by atoms with Crippen molar-refractivity contribution in [2.45, 2.75) is 12.6 Å². The smallest absolute Gasteiger partial charge is 0.398 e. The molecular formula is C13H12F3N3OS. The Bertz CT molecular complexity index is 626. The molecule has 0 saturated heterocycles. The zero-order chi connectivity index (χ0) is 15.5. The van der Waals surface area contributed by atoms with Gasteiger partial charge in [0.15, 0.2) is 0 Å². The van der Waals surface area contributed by atoms with Gasteiger partial charge >= 0.3 is 6.18 Å². The number of anilines is 1. The SMILES string of the molecule is Nc1ccc(C(F)(F)F)cc1C(=O)NCCc1cscn1. The van der Waals surface area contributed by atoms with E-state index in [1.807, 2.05) is 5.38 Å². The molecule has 0 atom stereocenters. The molecule has 8 heteroatoms. The van der Waals surface area contributed by atoms with Gasteiger partial charge in [-0.25, -0.2) is 4.98 Å². The molecule has 0 fully saturated rings. The van der Waals surface area contributed by atoms with E-state index in [1.54, 1.807) is 5.51 Å². The van der Waals surface area contributed by atoms with Crippen LogP contribution < -0.4 is 11.1 Å². The molecule has 0 unspecified atom stereocenters. The van der Waals surface area contributed by atoms with Gasteiger partial charge in [0.2, 0.25) is 0 Å². The number of carbonyl (C=O) groups is 1. The van der Waals surface area contributed by atoms with Crippen LogP contribution in [0.2, 0.25) is 0 Å². The number of carbonyl (C=O) groups excluding carboxylic acids is 1. The topological polar surface area (TPSA) is 68.0 Å². The molecule has 3 N–H and O–H groups in total. The lowest BCUT2D eigenvalue weighted by Crippen LogP contribution is -2.27. The molecule has 21 heavy (non-hydrogen) atoms. The van der Waals surface area contributed by atoms with E-state index in [0.717, 1.165) is 23.9 Å². The molecule has 1 amide bonds. The minimum Gasteiger partial charge on any atom is -0.398 e.